The molecule has 31 heavy (non-hydrogen) atoms. The molecular weight excluding hydrogens is 430 g/mol. The van der Waals surface area contributed by atoms with Gasteiger partial charge in [0.05, 0.1) is 5.54 Å². The molecule has 1 aliphatic carbocycles. The molecule has 8 heteroatoms. The molecule has 0 bridgehead atoms. The van der Waals surface area contributed by atoms with Crippen molar-refractivity contribution >= 4 is 35.0 Å². The molecular formula is C23H24ClN5OS. The third-order valence-corrected chi connectivity index (χ3v) is 8.02. The number of fused-ring (bicyclic) bond motifs is 1. The highest BCUT2D eigenvalue weighted by Gasteiger charge is 2.49. The largest absolute Gasteiger partial charge is 0.325 e. The first-order valence-corrected chi connectivity index (χ1v) is 11.8. The Morgan fingerprint density at radius 3 is 2.68 bits per heavy atom. The molecule has 6 nitrogen and oxygen atoms in total. The molecule has 5 rings (SSSR count). The Hall–Kier alpha value is -2.51. The van der Waals surface area contributed by atoms with Crippen LogP contribution in [0.1, 0.15) is 37.7 Å². The van der Waals surface area contributed by atoms with Crippen molar-refractivity contribution in [3.8, 4) is 11.4 Å². The maximum Gasteiger partial charge on any atom is 0.240 e. The van der Waals surface area contributed by atoms with Crippen molar-refractivity contribution in [2.45, 2.75) is 55.0 Å². The first-order chi connectivity index (χ1) is 15.1. The molecule has 2 N–H and O–H groups in total. The number of carbonyl (C=O) groups excluding carboxylic acids is 1. The van der Waals surface area contributed by atoms with Crippen LogP contribution in [0.5, 0.6) is 0 Å². The molecule has 1 fully saturated rings. The summed E-state index contributed by atoms with van der Waals surface area (Å²) in [4.78, 5) is 13.5. The highest BCUT2D eigenvalue weighted by molar-refractivity contribution is 8.00. The number of amides is 1. The van der Waals surface area contributed by atoms with E-state index in [0.717, 1.165) is 48.3 Å². The summed E-state index contributed by atoms with van der Waals surface area (Å²) >= 11 is 7.76. The summed E-state index contributed by atoms with van der Waals surface area (Å²) in [5, 5.41) is 13.0. The van der Waals surface area contributed by atoms with Crippen molar-refractivity contribution in [2.24, 2.45) is 0 Å². The zero-order valence-electron chi connectivity index (χ0n) is 17.3. The molecule has 1 spiro atoms. The number of anilines is 1. The quantitative estimate of drug-likeness (QED) is 0.565. The molecule has 2 aromatic carbocycles. The van der Waals surface area contributed by atoms with E-state index < -0.39 is 0 Å². The lowest BCUT2D eigenvalue weighted by atomic mass is 9.79. The van der Waals surface area contributed by atoms with E-state index in [1.807, 2.05) is 60.1 Å². The molecule has 2 aliphatic rings. The number of nitrogens with one attached hydrogen (secondary N) is 2. The lowest BCUT2D eigenvalue weighted by Gasteiger charge is -2.46. The summed E-state index contributed by atoms with van der Waals surface area (Å²) in [6.45, 7) is 1.92. The number of carbonyl (C=O) groups is 1. The predicted molar refractivity (Wildman–Crippen MR) is 125 cm³/mol. The Kier molecular flexibility index (Phi) is 5.40. The van der Waals surface area contributed by atoms with Gasteiger partial charge in [-0.25, -0.2) is 4.68 Å². The average Bonchev–Trinajstić information content (AvgIpc) is 3.19. The molecule has 1 aromatic heterocycles. The van der Waals surface area contributed by atoms with Crippen LogP contribution in [0.2, 0.25) is 5.02 Å². The number of aromatic nitrogens is 3. The second kappa shape index (κ2) is 8.20. The van der Waals surface area contributed by atoms with E-state index in [9.17, 15) is 4.79 Å². The highest BCUT2D eigenvalue weighted by Crippen LogP contribution is 2.44. The second-order valence-electron chi connectivity index (χ2n) is 8.24. The zero-order valence-corrected chi connectivity index (χ0v) is 18.8. The number of hydrogen-bond donors (Lipinski definition) is 2. The zero-order chi connectivity index (χ0) is 21.4. The van der Waals surface area contributed by atoms with Gasteiger partial charge in [-0.05, 0) is 37.5 Å². The van der Waals surface area contributed by atoms with Crippen LogP contribution in [-0.4, -0.2) is 31.6 Å². The van der Waals surface area contributed by atoms with E-state index in [-0.39, 0.29) is 16.7 Å². The fraction of sp³-hybridized carbons (Fsp3) is 0.348. The van der Waals surface area contributed by atoms with Crippen LogP contribution >= 0.6 is 23.4 Å². The van der Waals surface area contributed by atoms with Crippen LogP contribution in [-0.2, 0) is 4.79 Å². The molecule has 1 unspecified atom stereocenters. The summed E-state index contributed by atoms with van der Waals surface area (Å²) in [5.74, 6) is 0.748. The van der Waals surface area contributed by atoms with E-state index in [1.54, 1.807) is 0 Å². The van der Waals surface area contributed by atoms with Gasteiger partial charge in [-0.2, -0.15) is 0 Å². The number of thioether (sulfide) groups is 1. The molecule has 2 heterocycles. The molecule has 0 radical (unpaired) electrons. The molecule has 1 atom stereocenters. The van der Waals surface area contributed by atoms with Crippen LogP contribution in [0.3, 0.4) is 0 Å². The molecule has 160 valence electrons. The summed E-state index contributed by atoms with van der Waals surface area (Å²) in [6, 6.07) is 15.6. The van der Waals surface area contributed by atoms with E-state index in [1.165, 1.54) is 18.2 Å². The molecule has 1 amide bonds. The number of hydrogen-bond acceptors (Lipinski definition) is 5. The van der Waals surface area contributed by atoms with E-state index in [4.69, 9.17) is 11.6 Å². The van der Waals surface area contributed by atoms with Crippen LogP contribution < -0.4 is 10.7 Å². The van der Waals surface area contributed by atoms with Crippen LogP contribution in [0.15, 0.2) is 53.7 Å². The minimum absolute atomic E-state index is 0.0275. The van der Waals surface area contributed by atoms with Gasteiger partial charge in [-0.1, -0.05) is 79.0 Å². The summed E-state index contributed by atoms with van der Waals surface area (Å²) < 4.78 is 1.97. The Balaban J connectivity index is 1.50. The van der Waals surface area contributed by atoms with Gasteiger partial charge in [-0.15, -0.1) is 10.2 Å². The number of halogens is 1. The van der Waals surface area contributed by atoms with Crippen molar-refractivity contribution in [2.75, 3.05) is 10.7 Å². The SMILES string of the molecule is Cc1c(Cl)cccc1NC(=O)C1Sc2nnc(-c3ccccc3)n2NC12CCCCC2. The van der Waals surface area contributed by atoms with E-state index in [0.29, 0.717) is 10.2 Å². The van der Waals surface area contributed by atoms with Crippen molar-refractivity contribution in [3.05, 3.63) is 59.1 Å². The van der Waals surface area contributed by atoms with Gasteiger partial charge in [0.1, 0.15) is 5.25 Å². The molecule has 1 saturated carbocycles. The maximum absolute atomic E-state index is 13.5. The minimum Gasteiger partial charge on any atom is -0.325 e. The fourth-order valence-electron chi connectivity index (χ4n) is 4.52. The van der Waals surface area contributed by atoms with Gasteiger partial charge in [0.25, 0.3) is 0 Å². The first-order valence-electron chi connectivity index (χ1n) is 10.6. The van der Waals surface area contributed by atoms with Crippen molar-refractivity contribution in [1.29, 1.82) is 0 Å². The monoisotopic (exact) mass is 453 g/mol. The highest BCUT2D eigenvalue weighted by atomic mass is 35.5. The van der Waals surface area contributed by atoms with Gasteiger partial charge in [0, 0.05) is 16.3 Å². The van der Waals surface area contributed by atoms with Crippen LogP contribution in [0.4, 0.5) is 5.69 Å². The summed E-state index contributed by atoms with van der Waals surface area (Å²) in [7, 11) is 0. The van der Waals surface area contributed by atoms with Crippen molar-refractivity contribution in [3.63, 3.8) is 0 Å². The lowest BCUT2D eigenvalue weighted by molar-refractivity contribution is -0.117. The Morgan fingerprint density at radius 1 is 1.13 bits per heavy atom. The van der Waals surface area contributed by atoms with Crippen LogP contribution in [0.25, 0.3) is 11.4 Å². The van der Waals surface area contributed by atoms with Gasteiger partial charge in [0.15, 0.2) is 5.82 Å². The predicted octanol–water partition coefficient (Wildman–Crippen LogP) is 5.27. The maximum atomic E-state index is 13.5. The Bertz CT molecular complexity index is 1110. The average molecular weight is 454 g/mol. The van der Waals surface area contributed by atoms with Gasteiger partial charge in [-0.3, -0.25) is 4.79 Å². The fourth-order valence-corrected chi connectivity index (χ4v) is 5.91. The normalized spacial score (nSPS) is 19.5. The van der Waals surface area contributed by atoms with E-state index in [2.05, 4.69) is 20.9 Å². The second-order valence-corrected chi connectivity index (χ2v) is 9.72. The standard InChI is InChI=1S/C23H24ClN5OS/c1-15-17(24)11-8-12-18(15)25-21(30)19-23(13-6-3-7-14-23)28-29-20(26-27-22(29)31-19)16-9-4-2-5-10-16/h2,4-5,8-12,19,28H,3,6-7,13-14H2,1H3,(H,25,30). The van der Waals surface area contributed by atoms with E-state index >= 15 is 0 Å². The number of benzene rings is 2. The Morgan fingerprint density at radius 2 is 1.90 bits per heavy atom. The van der Waals surface area contributed by atoms with Crippen LogP contribution in [0, 0.1) is 6.92 Å². The van der Waals surface area contributed by atoms with Gasteiger partial charge in [0.2, 0.25) is 11.1 Å². The third-order valence-electron chi connectivity index (χ3n) is 6.23. The number of nitrogens with zero attached hydrogens (tertiary/aromatic N) is 3. The smallest absolute Gasteiger partial charge is 0.240 e. The summed E-state index contributed by atoms with van der Waals surface area (Å²) in [5.41, 5.74) is 5.96. The summed E-state index contributed by atoms with van der Waals surface area (Å²) in [6.07, 6.45) is 5.23. The molecule has 0 saturated heterocycles. The first kappa shape index (κ1) is 20.4. The van der Waals surface area contributed by atoms with Gasteiger partial charge >= 0.3 is 0 Å². The molecule has 1 aliphatic heterocycles. The topological polar surface area (TPSA) is 71.8 Å². The number of rotatable bonds is 3. The third kappa shape index (κ3) is 3.70. The minimum atomic E-state index is -0.349. The van der Waals surface area contributed by atoms with Crippen molar-refractivity contribution < 1.29 is 4.79 Å². The lowest BCUT2D eigenvalue weighted by Crippen LogP contribution is -2.59. The van der Waals surface area contributed by atoms with Gasteiger partial charge < -0.3 is 10.7 Å². The Labute approximate surface area is 190 Å². The van der Waals surface area contributed by atoms with Crippen molar-refractivity contribution in [1.82, 2.24) is 14.9 Å². The molecule has 3 aromatic rings.